The normalized spacial score (nSPS) is 19.7. The minimum atomic E-state index is -0.854. The average Bonchev–Trinajstić information content (AvgIpc) is 3.28. The highest BCUT2D eigenvalue weighted by atomic mass is 32.2. The van der Waals surface area contributed by atoms with Crippen molar-refractivity contribution in [2.45, 2.75) is 24.8 Å². The maximum atomic E-state index is 11.8. The molecule has 0 amide bonds. The Balaban J connectivity index is 1.68. The summed E-state index contributed by atoms with van der Waals surface area (Å²) in [5.74, 6) is 0.678. The highest BCUT2D eigenvalue weighted by molar-refractivity contribution is 7.99. The van der Waals surface area contributed by atoms with Gasteiger partial charge < -0.3 is 14.3 Å². The van der Waals surface area contributed by atoms with Gasteiger partial charge in [-0.2, -0.15) is 0 Å². The number of carbonyl (C=O) groups is 2. The van der Waals surface area contributed by atoms with Crippen LogP contribution in [0.4, 0.5) is 0 Å². The van der Waals surface area contributed by atoms with Crippen molar-refractivity contribution in [3.8, 4) is 11.3 Å². The van der Waals surface area contributed by atoms with Crippen molar-refractivity contribution in [2.75, 3.05) is 12.4 Å². The van der Waals surface area contributed by atoms with Crippen LogP contribution in [-0.4, -0.2) is 35.4 Å². The topological polar surface area (TPSA) is 88.8 Å². The molecule has 1 aromatic carbocycles. The van der Waals surface area contributed by atoms with Gasteiger partial charge in [-0.15, -0.1) is 11.8 Å². The largest absolute Gasteiger partial charge is 0.480 e. The van der Waals surface area contributed by atoms with Crippen molar-refractivity contribution in [2.24, 2.45) is 0 Å². The molecular weight excluding hydrogens is 342 g/mol. The zero-order valence-electron chi connectivity index (χ0n) is 13.7. The van der Waals surface area contributed by atoms with E-state index in [2.05, 4.69) is 5.32 Å². The predicted octanol–water partition coefficient (Wildman–Crippen LogP) is 3.30. The van der Waals surface area contributed by atoms with Crippen LogP contribution in [0, 0.1) is 0 Å². The number of furan rings is 1. The van der Waals surface area contributed by atoms with Crippen molar-refractivity contribution in [1.29, 1.82) is 0 Å². The molecule has 0 bridgehead atoms. The fourth-order valence-electron chi connectivity index (χ4n) is 2.48. The molecule has 0 saturated carbocycles. The number of aliphatic carboxylic acids is 1. The second-order valence-electron chi connectivity index (χ2n) is 5.69. The minimum Gasteiger partial charge on any atom is -0.480 e. The zero-order chi connectivity index (χ0) is 17.8. The molecule has 2 N–H and O–H groups in total. The van der Waals surface area contributed by atoms with Crippen LogP contribution >= 0.6 is 11.8 Å². The molecule has 1 aliphatic rings. The van der Waals surface area contributed by atoms with Gasteiger partial charge >= 0.3 is 11.9 Å². The van der Waals surface area contributed by atoms with Gasteiger partial charge in [0.15, 0.2) is 0 Å². The first-order valence-electron chi connectivity index (χ1n) is 8.06. The highest BCUT2D eigenvalue weighted by Gasteiger charge is 2.32. The molecule has 2 aromatic rings. The van der Waals surface area contributed by atoms with Gasteiger partial charge in [0.2, 0.25) is 0 Å². The summed E-state index contributed by atoms with van der Waals surface area (Å²) in [5.41, 5.74) is 1.34. The van der Waals surface area contributed by atoms with Crippen LogP contribution in [0.1, 0.15) is 34.8 Å². The molecular formula is C18H19NO5S. The van der Waals surface area contributed by atoms with E-state index in [4.69, 9.17) is 14.3 Å². The second-order valence-corrected chi connectivity index (χ2v) is 6.82. The van der Waals surface area contributed by atoms with Gasteiger partial charge in [-0.05, 0) is 30.7 Å². The van der Waals surface area contributed by atoms with Crippen LogP contribution in [-0.2, 0) is 9.53 Å². The van der Waals surface area contributed by atoms with Crippen LogP contribution in [0.5, 0.6) is 0 Å². The van der Waals surface area contributed by atoms with Crippen molar-refractivity contribution in [3.05, 3.63) is 47.7 Å². The second kappa shape index (κ2) is 7.76. The lowest BCUT2D eigenvalue weighted by Gasteiger charge is -2.07. The summed E-state index contributed by atoms with van der Waals surface area (Å²) >= 11 is 1.51. The molecule has 1 saturated heterocycles. The standard InChI is InChI=1S/C18H19NO5S/c1-2-9-23-18(22)12-5-3-11(4-6-12)14-7-8-15(24-14)16-19-13(10-25-16)17(20)21/h3-8,13,16,19H,2,9-10H2,1H3,(H,20,21). The van der Waals surface area contributed by atoms with Gasteiger partial charge in [-0.1, -0.05) is 19.1 Å². The van der Waals surface area contributed by atoms with E-state index in [1.807, 2.05) is 19.1 Å². The van der Waals surface area contributed by atoms with Gasteiger partial charge in [0.1, 0.15) is 22.9 Å². The van der Waals surface area contributed by atoms with E-state index in [9.17, 15) is 9.59 Å². The molecule has 2 unspecified atom stereocenters. The summed E-state index contributed by atoms with van der Waals surface area (Å²) in [6.45, 7) is 2.35. The summed E-state index contributed by atoms with van der Waals surface area (Å²) in [6.07, 6.45) is 0.787. The highest BCUT2D eigenvalue weighted by Crippen LogP contribution is 2.35. The molecule has 1 fully saturated rings. The number of rotatable bonds is 6. The predicted molar refractivity (Wildman–Crippen MR) is 94.5 cm³/mol. The third kappa shape index (κ3) is 4.05. The van der Waals surface area contributed by atoms with Gasteiger partial charge in [-0.25, -0.2) is 4.79 Å². The van der Waals surface area contributed by atoms with E-state index >= 15 is 0 Å². The molecule has 25 heavy (non-hydrogen) atoms. The number of benzene rings is 1. The summed E-state index contributed by atoms with van der Waals surface area (Å²) in [7, 11) is 0. The molecule has 1 aliphatic heterocycles. The monoisotopic (exact) mass is 361 g/mol. The molecule has 7 heteroatoms. The lowest BCUT2D eigenvalue weighted by atomic mass is 10.1. The summed E-state index contributed by atoms with van der Waals surface area (Å²) in [6, 6.07) is 10.2. The average molecular weight is 361 g/mol. The van der Waals surface area contributed by atoms with E-state index in [1.165, 1.54) is 11.8 Å². The van der Waals surface area contributed by atoms with Crippen molar-refractivity contribution in [1.82, 2.24) is 5.32 Å². The Morgan fingerprint density at radius 3 is 2.68 bits per heavy atom. The van der Waals surface area contributed by atoms with Crippen LogP contribution in [0.15, 0.2) is 40.8 Å². The quantitative estimate of drug-likeness (QED) is 0.763. The molecule has 2 atom stereocenters. The number of carboxylic acids is 1. The molecule has 6 nitrogen and oxygen atoms in total. The van der Waals surface area contributed by atoms with E-state index < -0.39 is 12.0 Å². The maximum absolute atomic E-state index is 11.8. The van der Waals surface area contributed by atoms with Gasteiger partial charge in [0, 0.05) is 11.3 Å². The molecule has 2 heterocycles. The zero-order valence-corrected chi connectivity index (χ0v) is 14.5. The number of ether oxygens (including phenoxy) is 1. The van der Waals surface area contributed by atoms with E-state index in [0.717, 1.165) is 12.0 Å². The van der Waals surface area contributed by atoms with Crippen LogP contribution in [0.25, 0.3) is 11.3 Å². The molecule has 3 rings (SSSR count). The number of carbonyl (C=O) groups excluding carboxylic acids is 1. The van der Waals surface area contributed by atoms with Crippen molar-refractivity contribution in [3.63, 3.8) is 0 Å². The van der Waals surface area contributed by atoms with E-state index in [-0.39, 0.29) is 11.3 Å². The lowest BCUT2D eigenvalue weighted by molar-refractivity contribution is -0.138. The Morgan fingerprint density at radius 1 is 1.28 bits per heavy atom. The van der Waals surface area contributed by atoms with E-state index in [1.54, 1.807) is 24.3 Å². The number of hydrogen-bond acceptors (Lipinski definition) is 6. The molecule has 1 aromatic heterocycles. The maximum Gasteiger partial charge on any atom is 0.338 e. The smallest absolute Gasteiger partial charge is 0.338 e. The number of esters is 1. The minimum absolute atomic E-state index is 0.168. The SMILES string of the molecule is CCCOC(=O)c1ccc(-c2ccc(C3NC(C(=O)O)CS3)o2)cc1. The Labute approximate surface area is 149 Å². The lowest BCUT2D eigenvalue weighted by Crippen LogP contribution is -2.33. The van der Waals surface area contributed by atoms with Crippen LogP contribution in [0.3, 0.4) is 0 Å². The van der Waals surface area contributed by atoms with E-state index in [0.29, 0.717) is 29.4 Å². The number of nitrogens with one attached hydrogen (secondary N) is 1. The Hall–Kier alpha value is -2.25. The Morgan fingerprint density at radius 2 is 2.04 bits per heavy atom. The van der Waals surface area contributed by atoms with Crippen molar-refractivity contribution < 1.29 is 23.8 Å². The fourth-order valence-corrected chi connectivity index (χ4v) is 3.65. The van der Waals surface area contributed by atoms with Gasteiger partial charge in [0.05, 0.1) is 12.2 Å². The third-order valence-corrected chi connectivity index (χ3v) is 5.04. The first-order valence-corrected chi connectivity index (χ1v) is 9.11. The van der Waals surface area contributed by atoms with Gasteiger partial charge in [-0.3, -0.25) is 10.1 Å². The number of thioether (sulfide) groups is 1. The number of hydrogen-bond donors (Lipinski definition) is 2. The summed E-state index contributed by atoms with van der Waals surface area (Å²) < 4.78 is 11.0. The first-order chi connectivity index (χ1) is 12.1. The summed E-state index contributed by atoms with van der Waals surface area (Å²) in [5, 5.41) is 11.9. The van der Waals surface area contributed by atoms with Crippen molar-refractivity contribution >= 4 is 23.7 Å². The van der Waals surface area contributed by atoms with Crippen LogP contribution in [0.2, 0.25) is 0 Å². The number of carboxylic acid groups (broad SMARTS) is 1. The molecule has 0 spiro atoms. The Kier molecular flexibility index (Phi) is 5.45. The first kappa shape index (κ1) is 17.6. The van der Waals surface area contributed by atoms with Crippen LogP contribution < -0.4 is 5.32 Å². The molecule has 0 radical (unpaired) electrons. The molecule has 132 valence electrons. The van der Waals surface area contributed by atoms with Gasteiger partial charge in [0.25, 0.3) is 0 Å². The summed E-state index contributed by atoms with van der Waals surface area (Å²) in [4.78, 5) is 22.8. The Bertz CT molecular complexity index is 755. The third-order valence-electron chi connectivity index (χ3n) is 3.81. The fraction of sp³-hybridized carbons (Fsp3) is 0.333. The molecule has 0 aliphatic carbocycles.